The second-order valence-corrected chi connectivity index (χ2v) is 6.05. The van der Waals surface area contributed by atoms with Gasteiger partial charge < -0.3 is 20.1 Å². The summed E-state index contributed by atoms with van der Waals surface area (Å²) in [5.41, 5.74) is 0.0832. The summed E-state index contributed by atoms with van der Waals surface area (Å²) >= 11 is 5.81. The normalized spacial score (nSPS) is 12.2. The highest BCUT2D eigenvalue weighted by Gasteiger charge is 2.22. The fourth-order valence-electron chi connectivity index (χ4n) is 1.58. The number of ether oxygens (including phenoxy) is 2. The summed E-state index contributed by atoms with van der Waals surface area (Å²) in [6, 6.07) is 6.11. The number of anilines is 1. The van der Waals surface area contributed by atoms with Crippen LogP contribution in [0.2, 0.25) is 5.02 Å². The first-order valence-electron chi connectivity index (χ1n) is 6.78. The van der Waals surface area contributed by atoms with Gasteiger partial charge in [-0.2, -0.15) is 0 Å². The van der Waals surface area contributed by atoms with E-state index >= 15 is 0 Å². The standard InChI is InChI=1S/C15H21ClN2O4/c1-15(2,3)22-14(20)17-9-12(13(19)21-4)18-11-7-5-10(16)6-8-11/h5-8,12,18H,9H2,1-4H3,(H,17,20)/t12-/m1/s1. The van der Waals surface area contributed by atoms with E-state index in [9.17, 15) is 9.59 Å². The van der Waals surface area contributed by atoms with Gasteiger partial charge in [0.15, 0.2) is 0 Å². The number of rotatable bonds is 5. The monoisotopic (exact) mass is 328 g/mol. The van der Waals surface area contributed by atoms with Crippen LogP contribution >= 0.6 is 11.6 Å². The molecule has 1 aromatic carbocycles. The van der Waals surface area contributed by atoms with Crippen LogP contribution in [-0.4, -0.2) is 37.4 Å². The largest absolute Gasteiger partial charge is 0.467 e. The van der Waals surface area contributed by atoms with E-state index in [4.69, 9.17) is 21.1 Å². The van der Waals surface area contributed by atoms with Crippen molar-refractivity contribution in [2.24, 2.45) is 0 Å². The molecule has 0 fully saturated rings. The SMILES string of the molecule is COC(=O)[C@@H](CNC(=O)OC(C)(C)C)Nc1ccc(Cl)cc1. The Bertz CT molecular complexity index is 511. The first kappa shape index (κ1) is 18.1. The second-order valence-electron chi connectivity index (χ2n) is 5.61. The maximum Gasteiger partial charge on any atom is 0.407 e. The molecule has 0 radical (unpaired) electrons. The number of benzene rings is 1. The quantitative estimate of drug-likeness (QED) is 0.813. The van der Waals surface area contributed by atoms with E-state index < -0.39 is 23.7 Å². The van der Waals surface area contributed by atoms with E-state index in [0.717, 1.165) is 0 Å². The van der Waals surface area contributed by atoms with Gasteiger partial charge in [0.2, 0.25) is 0 Å². The van der Waals surface area contributed by atoms with E-state index in [1.807, 2.05) is 0 Å². The molecule has 0 bridgehead atoms. The molecule has 1 atom stereocenters. The van der Waals surface area contributed by atoms with Gasteiger partial charge in [-0.05, 0) is 45.0 Å². The number of hydrogen-bond donors (Lipinski definition) is 2. The lowest BCUT2D eigenvalue weighted by Gasteiger charge is -2.22. The van der Waals surface area contributed by atoms with Gasteiger partial charge in [0.25, 0.3) is 0 Å². The van der Waals surface area contributed by atoms with Gasteiger partial charge in [-0.15, -0.1) is 0 Å². The minimum Gasteiger partial charge on any atom is -0.467 e. The van der Waals surface area contributed by atoms with E-state index in [2.05, 4.69) is 10.6 Å². The maximum absolute atomic E-state index is 11.8. The average Bonchev–Trinajstić information content (AvgIpc) is 2.42. The fraction of sp³-hybridized carbons (Fsp3) is 0.467. The number of nitrogens with one attached hydrogen (secondary N) is 2. The smallest absolute Gasteiger partial charge is 0.407 e. The molecule has 22 heavy (non-hydrogen) atoms. The Morgan fingerprint density at radius 2 is 1.82 bits per heavy atom. The van der Waals surface area contributed by atoms with Crippen LogP contribution in [0.4, 0.5) is 10.5 Å². The molecule has 7 heteroatoms. The molecule has 0 aliphatic heterocycles. The molecular weight excluding hydrogens is 308 g/mol. The molecule has 0 saturated heterocycles. The van der Waals surface area contributed by atoms with Gasteiger partial charge in [0.05, 0.1) is 13.7 Å². The van der Waals surface area contributed by atoms with Crippen molar-refractivity contribution in [2.45, 2.75) is 32.4 Å². The molecule has 0 aromatic heterocycles. The molecule has 0 saturated carbocycles. The Hall–Kier alpha value is -1.95. The zero-order valence-electron chi connectivity index (χ0n) is 13.1. The number of carbonyl (C=O) groups is 2. The number of amides is 1. The van der Waals surface area contributed by atoms with Gasteiger partial charge >= 0.3 is 12.1 Å². The van der Waals surface area contributed by atoms with Crippen LogP contribution in [0.5, 0.6) is 0 Å². The summed E-state index contributed by atoms with van der Waals surface area (Å²) < 4.78 is 9.84. The topological polar surface area (TPSA) is 76.7 Å². The summed E-state index contributed by atoms with van der Waals surface area (Å²) in [7, 11) is 1.28. The van der Waals surface area contributed by atoms with Crippen molar-refractivity contribution in [2.75, 3.05) is 19.0 Å². The van der Waals surface area contributed by atoms with Gasteiger partial charge in [0.1, 0.15) is 11.6 Å². The molecule has 0 aliphatic rings. The number of methoxy groups -OCH3 is 1. The molecule has 0 unspecified atom stereocenters. The molecule has 0 spiro atoms. The van der Waals surface area contributed by atoms with Crippen molar-refractivity contribution in [3.05, 3.63) is 29.3 Å². The number of alkyl carbamates (subject to hydrolysis) is 1. The maximum atomic E-state index is 11.8. The van der Waals surface area contributed by atoms with E-state index in [1.54, 1.807) is 45.0 Å². The van der Waals surface area contributed by atoms with Crippen molar-refractivity contribution < 1.29 is 19.1 Å². The molecule has 1 rings (SSSR count). The van der Waals surface area contributed by atoms with Crippen molar-refractivity contribution in [3.8, 4) is 0 Å². The van der Waals surface area contributed by atoms with Crippen molar-refractivity contribution in [1.29, 1.82) is 0 Å². The molecule has 1 amide bonds. The van der Waals surface area contributed by atoms with Gasteiger partial charge in [0, 0.05) is 10.7 Å². The summed E-state index contributed by atoms with van der Waals surface area (Å²) in [4.78, 5) is 23.4. The minimum absolute atomic E-state index is 0.0320. The summed E-state index contributed by atoms with van der Waals surface area (Å²) in [6.07, 6.45) is -0.598. The van der Waals surface area contributed by atoms with Crippen LogP contribution in [0.25, 0.3) is 0 Å². The fourth-order valence-corrected chi connectivity index (χ4v) is 1.71. The third kappa shape index (κ3) is 6.67. The van der Waals surface area contributed by atoms with Crippen LogP contribution in [0.15, 0.2) is 24.3 Å². The second kappa shape index (κ2) is 7.89. The van der Waals surface area contributed by atoms with E-state index in [-0.39, 0.29) is 6.54 Å². The predicted octanol–water partition coefficient (Wildman–Crippen LogP) is 2.82. The lowest BCUT2D eigenvalue weighted by Crippen LogP contribution is -2.43. The van der Waals surface area contributed by atoms with Gasteiger partial charge in [-0.3, -0.25) is 0 Å². The van der Waals surface area contributed by atoms with E-state index in [1.165, 1.54) is 7.11 Å². The highest BCUT2D eigenvalue weighted by molar-refractivity contribution is 6.30. The molecule has 0 heterocycles. The summed E-state index contributed by atoms with van der Waals surface area (Å²) in [5, 5.41) is 6.10. The first-order chi connectivity index (χ1) is 10.2. The first-order valence-corrected chi connectivity index (χ1v) is 7.16. The Balaban J connectivity index is 2.63. The zero-order chi connectivity index (χ0) is 16.8. The van der Waals surface area contributed by atoms with E-state index in [0.29, 0.717) is 10.7 Å². The lowest BCUT2D eigenvalue weighted by atomic mass is 10.2. The van der Waals surface area contributed by atoms with Gasteiger partial charge in [-0.1, -0.05) is 11.6 Å². The number of carbonyl (C=O) groups excluding carboxylic acids is 2. The molecule has 0 aliphatic carbocycles. The Labute approximate surface area is 135 Å². The van der Waals surface area contributed by atoms with Crippen LogP contribution in [0.3, 0.4) is 0 Å². The molecular formula is C15H21ClN2O4. The summed E-state index contributed by atoms with van der Waals surface area (Å²) in [5.74, 6) is -0.494. The van der Waals surface area contributed by atoms with Crippen molar-refractivity contribution in [1.82, 2.24) is 5.32 Å². The van der Waals surface area contributed by atoms with Crippen LogP contribution < -0.4 is 10.6 Å². The number of hydrogen-bond acceptors (Lipinski definition) is 5. The Kier molecular flexibility index (Phi) is 6.49. The molecule has 122 valence electrons. The zero-order valence-corrected chi connectivity index (χ0v) is 13.9. The molecule has 6 nitrogen and oxygen atoms in total. The number of halogens is 1. The predicted molar refractivity (Wildman–Crippen MR) is 85.1 cm³/mol. The van der Waals surface area contributed by atoms with Crippen LogP contribution in [-0.2, 0) is 14.3 Å². The third-order valence-corrected chi connectivity index (χ3v) is 2.77. The Morgan fingerprint density at radius 1 is 1.23 bits per heavy atom. The average molecular weight is 329 g/mol. The highest BCUT2D eigenvalue weighted by atomic mass is 35.5. The molecule has 2 N–H and O–H groups in total. The van der Waals surface area contributed by atoms with Crippen LogP contribution in [0.1, 0.15) is 20.8 Å². The van der Waals surface area contributed by atoms with Crippen molar-refractivity contribution in [3.63, 3.8) is 0 Å². The summed E-state index contributed by atoms with van der Waals surface area (Å²) in [6.45, 7) is 5.31. The van der Waals surface area contributed by atoms with Gasteiger partial charge in [-0.25, -0.2) is 9.59 Å². The minimum atomic E-state index is -0.737. The molecule has 1 aromatic rings. The number of esters is 1. The van der Waals surface area contributed by atoms with Crippen molar-refractivity contribution >= 4 is 29.4 Å². The highest BCUT2D eigenvalue weighted by Crippen LogP contribution is 2.14. The Morgan fingerprint density at radius 3 is 2.32 bits per heavy atom. The third-order valence-electron chi connectivity index (χ3n) is 2.52. The lowest BCUT2D eigenvalue weighted by molar-refractivity contribution is -0.141. The van der Waals surface area contributed by atoms with Crippen LogP contribution in [0, 0.1) is 0 Å².